The van der Waals surface area contributed by atoms with Gasteiger partial charge in [0.05, 0.1) is 12.5 Å². The number of nitrogens with two attached hydrogens (primary N) is 1. The number of hydrogen-bond acceptors (Lipinski definition) is 3. The monoisotopic (exact) mass is 187 g/mol. The molecule has 0 aliphatic heterocycles. The molecule has 0 bridgehead atoms. The molecule has 13 heavy (non-hydrogen) atoms. The molecule has 3 heteroatoms. The van der Waals surface area contributed by atoms with Gasteiger partial charge in [-0.15, -0.1) is 0 Å². The third-order valence-corrected chi connectivity index (χ3v) is 2.92. The predicted octanol–water partition coefficient (Wildman–Crippen LogP) is 1.56. The van der Waals surface area contributed by atoms with E-state index in [1.807, 2.05) is 20.8 Å². The van der Waals surface area contributed by atoms with Gasteiger partial charge in [0.15, 0.2) is 0 Å². The van der Waals surface area contributed by atoms with Crippen molar-refractivity contribution >= 4 is 5.97 Å². The van der Waals surface area contributed by atoms with E-state index in [1.165, 1.54) is 7.11 Å². The molecule has 0 aromatic rings. The second-order valence-corrected chi connectivity index (χ2v) is 3.69. The predicted molar refractivity (Wildman–Crippen MR) is 53.2 cm³/mol. The summed E-state index contributed by atoms with van der Waals surface area (Å²) in [6, 6.07) is 0. The molecule has 0 aliphatic carbocycles. The maximum absolute atomic E-state index is 11.6. The van der Waals surface area contributed by atoms with E-state index in [4.69, 9.17) is 10.5 Å². The fourth-order valence-electron chi connectivity index (χ4n) is 1.82. The van der Waals surface area contributed by atoms with E-state index < -0.39 is 0 Å². The largest absolute Gasteiger partial charge is 0.469 e. The lowest BCUT2D eigenvalue weighted by Gasteiger charge is -2.33. The molecule has 1 atom stereocenters. The highest BCUT2D eigenvalue weighted by Crippen LogP contribution is 2.35. The van der Waals surface area contributed by atoms with Crippen molar-refractivity contribution in [2.75, 3.05) is 13.7 Å². The summed E-state index contributed by atoms with van der Waals surface area (Å²) in [5.74, 6) is 0.143. The van der Waals surface area contributed by atoms with Crippen molar-refractivity contribution in [3.63, 3.8) is 0 Å². The van der Waals surface area contributed by atoms with Crippen molar-refractivity contribution in [3.05, 3.63) is 0 Å². The fraction of sp³-hybridized carbons (Fsp3) is 0.900. The Morgan fingerprint density at radius 1 is 1.54 bits per heavy atom. The Balaban J connectivity index is 4.74. The van der Waals surface area contributed by atoms with Crippen LogP contribution >= 0.6 is 0 Å². The van der Waals surface area contributed by atoms with E-state index in [-0.39, 0.29) is 17.3 Å². The lowest BCUT2D eigenvalue weighted by Crippen LogP contribution is -2.38. The molecule has 0 spiro atoms. The molecule has 0 rings (SSSR count). The summed E-state index contributed by atoms with van der Waals surface area (Å²) in [6.45, 7) is 6.61. The highest BCUT2D eigenvalue weighted by molar-refractivity contribution is 5.77. The first-order valence-corrected chi connectivity index (χ1v) is 4.83. The summed E-state index contributed by atoms with van der Waals surface area (Å²) in [7, 11) is 1.44. The van der Waals surface area contributed by atoms with Crippen molar-refractivity contribution in [3.8, 4) is 0 Å². The number of hydrogen-bond donors (Lipinski definition) is 1. The zero-order valence-electron chi connectivity index (χ0n) is 9.09. The van der Waals surface area contributed by atoms with Gasteiger partial charge < -0.3 is 10.5 Å². The van der Waals surface area contributed by atoms with Crippen LogP contribution in [-0.4, -0.2) is 19.6 Å². The quantitative estimate of drug-likeness (QED) is 0.664. The first-order valence-electron chi connectivity index (χ1n) is 4.83. The summed E-state index contributed by atoms with van der Waals surface area (Å²) in [4.78, 5) is 11.6. The smallest absolute Gasteiger partial charge is 0.312 e. The molecule has 0 fully saturated rings. The topological polar surface area (TPSA) is 52.3 Å². The summed E-state index contributed by atoms with van der Waals surface area (Å²) < 4.78 is 4.83. The Morgan fingerprint density at radius 3 is 2.31 bits per heavy atom. The third kappa shape index (κ3) is 2.44. The maximum atomic E-state index is 11.6. The zero-order chi connectivity index (χ0) is 10.5. The van der Waals surface area contributed by atoms with E-state index in [9.17, 15) is 4.79 Å². The van der Waals surface area contributed by atoms with Crippen LogP contribution in [0.3, 0.4) is 0 Å². The van der Waals surface area contributed by atoms with Crippen molar-refractivity contribution in [2.45, 2.75) is 33.6 Å². The van der Waals surface area contributed by atoms with Crippen molar-refractivity contribution in [1.82, 2.24) is 0 Å². The number of carbonyl (C=O) groups is 1. The summed E-state index contributed by atoms with van der Waals surface area (Å²) in [6.07, 6.45) is 1.49. The summed E-state index contributed by atoms with van der Waals surface area (Å²) in [5, 5.41) is 0. The molecule has 78 valence electrons. The van der Waals surface area contributed by atoms with E-state index >= 15 is 0 Å². The molecule has 3 nitrogen and oxygen atoms in total. The minimum atomic E-state index is -0.385. The molecule has 0 saturated heterocycles. The van der Waals surface area contributed by atoms with Gasteiger partial charge in [-0.1, -0.05) is 20.8 Å². The molecule has 1 unspecified atom stereocenters. The van der Waals surface area contributed by atoms with Gasteiger partial charge in [-0.3, -0.25) is 4.79 Å². The Kier molecular flexibility index (Phi) is 4.99. The molecule has 0 aromatic carbocycles. The molecule has 0 heterocycles. The van der Waals surface area contributed by atoms with E-state index in [0.717, 1.165) is 6.42 Å². The molecule has 0 radical (unpaired) electrons. The lowest BCUT2D eigenvalue weighted by atomic mass is 9.72. The van der Waals surface area contributed by atoms with Crippen LogP contribution in [0.25, 0.3) is 0 Å². The molecule has 0 saturated carbocycles. The third-order valence-electron chi connectivity index (χ3n) is 2.92. The van der Waals surface area contributed by atoms with Crippen molar-refractivity contribution < 1.29 is 9.53 Å². The van der Waals surface area contributed by atoms with Crippen LogP contribution in [0.5, 0.6) is 0 Å². The van der Waals surface area contributed by atoms with E-state index in [1.54, 1.807) is 0 Å². The van der Waals surface area contributed by atoms with Gasteiger partial charge in [0, 0.05) is 0 Å². The highest BCUT2D eigenvalue weighted by atomic mass is 16.5. The zero-order valence-corrected chi connectivity index (χ0v) is 9.09. The fourth-order valence-corrected chi connectivity index (χ4v) is 1.82. The van der Waals surface area contributed by atoms with Crippen molar-refractivity contribution in [2.24, 2.45) is 17.1 Å². The van der Waals surface area contributed by atoms with Crippen LogP contribution in [-0.2, 0) is 9.53 Å². The number of rotatable bonds is 5. The number of esters is 1. The second-order valence-electron chi connectivity index (χ2n) is 3.69. The van der Waals surface area contributed by atoms with E-state index in [0.29, 0.717) is 13.0 Å². The summed E-state index contributed by atoms with van der Waals surface area (Å²) >= 11 is 0. The number of methoxy groups -OCH3 is 1. The van der Waals surface area contributed by atoms with Gasteiger partial charge in [-0.05, 0) is 25.3 Å². The maximum Gasteiger partial charge on any atom is 0.312 e. The van der Waals surface area contributed by atoms with Crippen LogP contribution in [0.15, 0.2) is 0 Å². The first kappa shape index (κ1) is 12.4. The Bertz CT molecular complexity index is 168. The lowest BCUT2D eigenvalue weighted by molar-refractivity contribution is -0.156. The van der Waals surface area contributed by atoms with Crippen LogP contribution in [0.4, 0.5) is 0 Å². The Hall–Kier alpha value is -0.570. The van der Waals surface area contributed by atoms with E-state index in [2.05, 4.69) is 0 Å². The van der Waals surface area contributed by atoms with Crippen molar-refractivity contribution in [1.29, 1.82) is 0 Å². The van der Waals surface area contributed by atoms with Crippen LogP contribution in [0.2, 0.25) is 0 Å². The van der Waals surface area contributed by atoms with Gasteiger partial charge in [0.2, 0.25) is 0 Å². The van der Waals surface area contributed by atoms with Gasteiger partial charge in [0.1, 0.15) is 0 Å². The SMILES string of the molecule is CCC(CCN)(C(=O)OC)C(C)C. The minimum Gasteiger partial charge on any atom is -0.469 e. The average molecular weight is 187 g/mol. The number of carbonyl (C=O) groups excluding carboxylic acids is 1. The molecule has 0 amide bonds. The molecular weight excluding hydrogens is 166 g/mol. The van der Waals surface area contributed by atoms with Crippen LogP contribution < -0.4 is 5.73 Å². The average Bonchev–Trinajstić information content (AvgIpc) is 2.12. The normalized spacial score (nSPS) is 15.5. The summed E-state index contributed by atoms with van der Waals surface area (Å²) in [5.41, 5.74) is 5.13. The van der Waals surface area contributed by atoms with Gasteiger partial charge >= 0.3 is 5.97 Å². The molecule has 0 aliphatic rings. The second kappa shape index (κ2) is 5.22. The standard InChI is InChI=1S/C10H21NO2/c1-5-10(6-7-11,8(2)3)9(12)13-4/h8H,5-7,11H2,1-4H3. The van der Waals surface area contributed by atoms with Crippen LogP contribution in [0.1, 0.15) is 33.6 Å². The Labute approximate surface area is 80.6 Å². The molecule has 2 N–H and O–H groups in total. The highest BCUT2D eigenvalue weighted by Gasteiger charge is 2.39. The minimum absolute atomic E-state index is 0.129. The van der Waals surface area contributed by atoms with Gasteiger partial charge in [0.25, 0.3) is 0 Å². The molecular formula is C10H21NO2. The number of ether oxygens (including phenoxy) is 1. The van der Waals surface area contributed by atoms with Crippen LogP contribution in [0, 0.1) is 11.3 Å². The van der Waals surface area contributed by atoms with Gasteiger partial charge in [-0.25, -0.2) is 0 Å². The first-order chi connectivity index (χ1) is 6.05. The van der Waals surface area contributed by atoms with Gasteiger partial charge in [-0.2, -0.15) is 0 Å². The Morgan fingerprint density at radius 2 is 2.08 bits per heavy atom. The molecule has 0 aromatic heterocycles.